The number of H-pyrrole nitrogens is 1. The number of aromatic hydroxyl groups is 1. The zero-order chi connectivity index (χ0) is 18.8. The summed E-state index contributed by atoms with van der Waals surface area (Å²) in [4.78, 5) is 19.2. The number of phenols is 1. The summed E-state index contributed by atoms with van der Waals surface area (Å²) in [5.41, 5.74) is 0.705. The number of ether oxygens (including phenoxy) is 1. The maximum Gasteiger partial charge on any atom is 0.259 e. The number of aromatic amines is 1. The molecule has 2 N–H and O–H groups in total. The molecule has 8 heteroatoms. The van der Waals surface area contributed by atoms with Gasteiger partial charge in [0, 0.05) is 5.02 Å². The van der Waals surface area contributed by atoms with E-state index in [1.807, 2.05) is 0 Å². The Labute approximate surface area is 163 Å². The van der Waals surface area contributed by atoms with E-state index in [0.717, 1.165) is 0 Å². The first kappa shape index (κ1) is 18.6. The first-order valence-electron chi connectivity index (χ1n) is 7.61. The third-order valence-corrected chi connectivity index (χ3v) is 4.35. The van der Waals surface area contributed by atoms with Crippen LogP contribution in [0.4, 0.5) is 0 Å². The van der Waals surface area contributed by atoms with E-state index in [-0.39, 0.29) is 32.9 Å². The average Bonchev–Trinajstić information content (AvgIpc) is 2.60. The fourth-order valence-electron chi connectivity index (χ4n) is 2.38. The van der Waals surface area contributed by atoms with Gasteiger partial charge in [0.05, 0.1) is 27.6 Å². The van der Waals surface area contributed by atoms with Crippen LogP contribution >= 0.6 is 34.8 Å². The Bertz CT molecular complexity index is 1080. The molecule has 26 heavy (non-hydrogen) atoms. The molecule has 0 spiro atoms. The van der Waals surface area contributed by atoms with Gasteiger partial charge in [-0.3, -0.25) is 4.79 Å². The lowest BCUT2D eigenvalue weighted by Gasteiger charge is -2.09. The van der Waals surface area contributed by atoms with Gasteiger partial charge in [-0.1, -0.05) is 34.8 Å². The molecular formula is C18H13Cl3N2O3. The molecule has 134 valence electrons. The maximum atomic E-state index is 12.2. The SMILES string of the molecule is CCOc1cc(/C=C(\Cl)c2nc3ccc(Cl)cc3c(=O)[nH]2)cc(Cl)c1O. The largest absolute Gasteiger partial charge is 0.503 e. The van der Waals surface area contributed by atoms with Crippen molar-refractivity contribution in [2.24, 2.45) is 0 Å². The van der Waals surface area contributed by atoms with Crippen molar-refractivity contribution in [2.45, 2.75) is 6.92 Å². The second-order valence-electron chi connectivity index (χ2n) is 5.35. The smallest absolute Gasteiger partial charge is 0.259 e. The lowest BCUT2D eigenvalue weighted by molar-refractivity contribution is 0.318. The third-order valence-electron chi connectivity index (χ3n) is 3.54. The van der Waals surface area contributed by atoms with Crippen molar-refractivity contribution in [3.05, 3.63) is 62.1 Å². The minimum Gasteiger partial charge on any atom is -0.503 e. The molecule has 0 saturated heterocycles. The highest BCUT2D eigenvalue weighted by atomic mass is 35.5. The molecule has 0 aliphatic carbocycles. The summed E-state index contributed by atoms with van der Waals surface area (Å²) in [6, 6.07) is 7.95. The van der Waals surface area contributed by atoms with Gasteiger partial charge in [-0.2, -0.15) is 0 Å². The van der Waals surface area contributed by atoms with Gasteiger partial charge in [-0.15, -0.1) is 0 Å². The van der Waals surface area contributed by atoms with E-state index >= 15 is 0 Å². The Hall–Kier alpha value is -2.21. The zero-order valence-electron chi connectivity index (χ0n) is 13.5. The van der Waals surface area contributed by atoms with Crippen LogP contribution in [0.15, 0.2) is 35.1 Å². The second-order valence-corrected chi connectivity index (χ2v) is 6.60. The Balaban J connectivity index is 2.06. The topological polar surface area (TPSA) is 75.2 Å². The molecule has 0 fully saturated rings. The Morgan fingerprint density at radius 3 is 2.81 bits per heavy atom. The summed E-state index contributed by atoms with van der Waals surface area (Å²) in [5.74, 6) is 0.301. The van der Waals surface area contributed by atoms with Crippen molar-refractivity contribution in [3.63, 3.8) is 0 Å². The number of nitrogens with one attached hydrogen (secondary N) is 1. The quantitative estimate of drug-likeness (QED) is 0.628. The number of fused-ring (bicyclic) bond motifs is 1. The van der Waals surface area contributed by atoms with E-state index in [4.69, 9.17) is 39.5 Å². The highest BCUT2D eigenvalue weighted by Gasteiger charge is 2.11. The Kier molecular flexibility index (Phi) is 5.41. The van der Waals surface area contributed by atoms with Gasteiger partial charge in [0.2, 0.25) is 0 Å². The monoisotopic (exact) mass is 410 g/mol. The second kappa shape index (κ2) is 7.58. The first-order chi connectivity index (χ1) is 12.4. The number of rotatable bonds is 4. The number of hydrogen-bond donors (Lipinski definition) is 2. The zero-order valence-corrected chi connectivity index (χ0v) is 15.8. The highest BCUT2D eigenvalue weighted by molar-refractivity contribution is 6.50. The van der Waals surface area contributed by atoms with Crippen molar-refractivity contribution < 1.29 is 9.84 Å². The maximum absolute atomic E-state index is 12.2. The van der Waals surface area contributed by atoms with Crippen LogP contribution in [0, 0.1) is 0 Å². The number of halogens is 3. The normalized spacial score (nSPS) is 11.8. The van der Waals surface area contributed by atoms with Crippen LogP contribution in [-0.4, -0.2) is 21.7 Å². The summed E-state index contributed by atoms with van der Waals surface area (Å²) in [6.07, 6.45) is 1.56. The van der Waals surface area contributed by atoms with E-state index < -0.39 is 0 Å². The minimum absolute atomic E-state index is 0.126. The number of aromatic nitrogens is 2. The molecule has 3 aromatic rings. The van der Waals surface area contributed by atoms with Crippen molar-refractivity contribution in [3.8, 4) is 11.5 Å². The molecule has 0 saturated carbocycles. The van der Waals surface area contributed by atoms with Crippen molar-refractivity contribution >= 4 is 56.8 Å². The van der Waals surface area contributed by atoms with E-state index in [1.54, 1.807) is 31.2 Å². The van der Waals surface area contributed by atoms with E-state index in [1.165, 1.54) is 12.1 Å². The van der Waals surface area contributed by atoms with E-state index in [2.05, 4.69) is 9.97 Å². The molecular weight excluding hydrogens is 399 g/mol. The van der Waals surface area contributed by atoms with Gasteiger partial charge < -0.3 is 14.8 Å². The lowest BCUT2D eigenvalue weighted by Crippen LogP contribution is -2.10. The molecule has 0 atom stereocenters. The fourth-order valence-corrected chi connectivity index (χ4v) is 2.99. The van der Waals surface area contributed by atoms with Crippen molar-refractivity contribution in [2.75, 3.05) is 6.61 Å². The third kappa shape index (κ3) is 3.80. The van der Waals surface area contributed by atoms with Crippen LogP contribution < -0.4 is 10.3 Å². The van der Waals surface area contributed by atoms with Gasteiger partial charge in [0.1, 0.15) is 0 Å². The number of benzene rings is 2. The van der Waals surface area contributed by atoms with Crippen LogP contribution in [-0.2, 0) is 0 Å². The molecule has 1 aromatic heterocycles. The van der Waals surface area contributed by atoms with Gasteiger partial charge in [0.15, 0.2) is 17.3 Å². The van der Waals surface area contributed by atoms with Crippen molar-refractivity contribution in [1.82, 2.24) is 9.97 Å². The highest BCUT2D eigenvalue weighted by Crippen LogP contribution is 2.36. The molecule has 0 unspecified atom stereocenters. The van der Waals surface area contributed by atoms with Crippen LogP contribution in [0.2, 0.25) is 10.0 Å². The summed E-state index contributed by atoms with van der Waals surface area (Å²) in [6.45, 7) is 2.16. The molecule has 0 aliphatic heterocycles. The fraction of sp³-hybridized carbons (Fsp3) is 0.111. The molecule has 0 radical (unpaired) electrons. The summed E-state index contributed by atoms with van der Waals surface area (Å²) >= 11 is 18.2. The molecule has 5 nitrogen and oxygen atoms in total. The molecule has 0 aliphatic rings. The van der Waals surface area contributed by atoms with Gasteiger partial charge >= 0.3 is 0 Å². The molecule has 2 aromatic carbocycles. The average molecular weight is 412 g/mol. The van der Waals surface area contributed by atoms with E-state index in [0.29, 0.717) is 28.1 Å². The summed E-state index contributed by atoms with van der Waals surface area (Å²) < 4.78 is 5.34. The van der Waals surface area contributed by atoms with E-state index in [9.17, 15) is 9.90 Å². The molecule has 0 amide bonds. The summed E-state index contributed by atoms with van der Waals surface area (Å²) in [5, 5.41) is 11.0. The predicted octanol–water partition coefficient (Wildman–Crippen LogP) is 5.07. The standard InChI is InChI=1S/C18H13Cl3N2O3/c1-2-26-15-7-9(5-12(20)16(15)24)6-13(21)17-22-14-4-3-10(19)8-11(14)18(25)23-17/h3-8,24H,2H2,1H3,(H,22,23,25)/b13-6-. The van der Waals surface area contributed by atoms with Crippen LogP contribution in [0.3, 0.4) is 0 Å². The van der Waals surface area contributed by atoms with Gasteiger partial charge in [0.25, 0.3) is 5.56 Å². The molecule has 0 bridgehead atoms. The summed E-state index contributed by atoms with van der Waals surface area (Å²) in [7, 11) is 0. The molecule has 1 heterocycles. The number of phenolic OH excluding ortho intramolecular Hbond substituents is 1. The lowest BCUT2D eigenvalue weighted by atomic mass is 10.1. The Morgan fingerprint density at radius 1 is 1.31 bits per heavy atom. The number of nitrogens with zero attached hydrogens (tertiary/aromatic N) is 1. The van der Waals surface area contributed by atoms with Crippen molar-refractivity contribution in [1.29, 1.82) is 0 Å². The van der Waals surface area contributed by atoms with Crippen LogP contribution in [0.1, 0.15) is 18.3 Å². The minimum atomic E-state index is -0.349. The molecule has 3 rings (SSSR count). The van der Waals surface area contributed by atoms with Gasteiger partial charge in [-0.05, 0) is 48.9 Å². The Morgan fingerprint density at radius 2 is 2.08 bits per heavy atom. The number of hydrogen-bond acceptors (Lipinski definition) is 4. The van der Waals surface area contributed by atoms with Crippen LogP contribution in [0.5, 0.6) is 11.5 Å². The van der Waals surface area contributed by atoms with Gasteiger partial charge in [-0.25, -0.2) is 4.98 Å². The predicted molar refractivity (Wildman–Crippen MR) is 105 cm³/mol. The van der Waals surface area contributed by atoms with Crippen LogP contribution in [0.25, 0.3) is 22.0 Å². The first-order valence-corrected chi connectivity index (χ1v) is 8.75.